The summed E-state index contributed by atoms with van der Waals surface area (Å²) in [7, 11) is 1.68. The molecular weight excluding hydrogens is 372 g/mol. The molecule has 0 aliphatic carbocycles. The molecule has 1 unspecified atom stereocenters. The Labute approximate surface area is 170 Å². The van der Waals surface area contributed by atoms with E-state index in [2.05, 4.69) is 20.2 Å². The number of methoxy groups -OCH3 is 1. The Morgan fingerprint density at radius 3 is 2.89 bits per heavy atom. The minimum Gasteiger partial charge on any atom is -0.497 e. The second-order valence-corrected chi connectivity index (χ2v) is 8.42. The summed E-state index contributed by atoms with van der Waals surface area (Å²) in [4.78, 5) is 22.0. The Morgan fingerprint density at radius 2 is 2.07 bits per heavy atom. The molecule has 2 fully saturated rings. The van der Waals surface area contributed by atoms with Crippen LogP contribution >= 0.6 is 11.5 Å². The maximum atomic E-state index is 12.9. The number of nitrogens with zero attached hydrogens (tertiary/aromatic N) is 4. The fraction of sp³-hybridized carbons (Fsp3) is 0.571. The lowest BCUT2D eigenvalue weighted by atomic mass is 9.96. The lowest BCUT2D eigenvalue weighted by molar-refractivity contribution is -0.136. The van der Waals surface area contributed by atoms with E-state index in [1.54, 1.807) is 7.11 Å². The van der Waals surface area contributed by atoms with Gasteiger partial charge in [0.15, 0.2) is 0 Å². The number of carbonyl (C=O) groups is 1. The van der Waals surface area contributed by atoms with E-state index < -0.39 is 0 Å². The van der Waals surface area contributed by atoms with Crippen molar-refractivity contribution in [1.82, 2.24) is 14.3 Å². The fourth-order valence-electron chi connectivity index (χ4n) is 4.13. The van der Waals surface area contributed by atoms with Crippen LogP contribution in [-0.4, -0.2) is 53.5 Å². The molecule has 3 heterocycles. The Morgan fingerprint density at radius 1 is 1.21 bits per heavy atom. The van der Waals surface area contributed by atoms with Crippen LogP contribution in [0.4, 0.5) is 5.13 Å². The summed E-state index contributed by atoms with van der Waals surface area (Å²) in [5.41, 5.74) is 1.14. The van der Waals surface area contributed by atoms with Crippen molar-refractivity contribution in [3.05, 3.63) is 35.7 Å². The van der Waals surface area contributed by atoms with E-state index in [1.807, 2.05) is 18.2 Å². The van der Waals surface area contributed by atoms with Gasteiger partial charge in [-0.25, -0.2) is 4.98 Å². The molecule has 7 heteroatoms. The van der Waals surface area contributed by atoms with Crippen molar-refractivity contribution in [3.8, 4) is 5.75 Å². The van der Waals surface area contributed by atoms with Gasteiger partial charge in [0.2, 0.25) is 11.0 Å². The normalized spacial score (nSPS) is 20.2. The first kappa shape index (κ1) is 19.2. The van der Waals surface area contributed by atoms with Crippen LogP contribution in [0.5, 0.6) is 5.75 Å². The van der Waals surface area contributed by atoms with Gasteiger partial charge in [0.25, 0.3) is 0 Å². The summed E-state index contributed by atoms with van der Waals surface area (Å²) < 4.78 is 9.85. The topological polar surface area (TPSA) is 58.6 Å². The SMILES string of the molecule is COc1cccc(Cc2nsc(N3CCCC(C(=O)N4CCCCC4)C3)n2)c1. The van der Waals surface area contributed by atoms with E-state index in [9.17, 15) is 4.79 Å². The number of anilines is 1. The number of aromatic nitrogens is 2. The zero-order valence-corrected chi connectivity index (χ0v) is 17.3. The predicted octanol–water partition coefficient (Wildman–Crippen LogP) is 3.37. The van der Waals surface area contributed by atoms with Gasteiger partial charge < -0.3 is 14.5 Å². The number of ether oxygens (including phenoxy) is 1. The number of rotatable bonds is 5. The smallest absolute Gasteiger partial charge is 0.227 e. The first-order valence-electron chi connectivity index (χ1n) is 10.2. The van der Waals surface area contributed by atoms with Gasteiger partial charge in [-0.3, -0.25) is 4.79 Å². The quantitative estimate of drug-likeness (QED) is 0.770. The highest BCUT2D eigenvalue weighted by atomic mass is 32.1. The van der Waals surface area contributed by atoms with Gasteiger partial charge in [-0.05, 0) is 49.8 Å². The molecule has 4 rings (SSSR count). The van der Waals surface area contributed by atoms with Crippen molar-refractivity contribution in [1.29, 1.82) is 0 Å². The van der Waals surface area contributed by atoms with Crippen molar-refractivity contribution in [3.63, 3.8) is 0 Å². The molecule has 150 valence electrons. The average molecular weight is 401 g/mol. The monoisotopic (exact) mass is 400 g/mol. The fourth-order valence-corrected chi connectivity index (χ4v) is 4.85. The largest absolute Gasteiger partial charge is 0.497 e. The molecule has 0 N–H and O–H groups in total. The summed E-state index contributed by atoms with van der Waals surface area (Å²) in [5, 5.41) is 0.939. The van der Waals surface area contributed by atoms with E-state index in [4.69, 9.17) is 9.72 Å². The standard InChI is InChI=1S/C21H28N4O2S/c1-27-18-9-5-7-16(13-18)14-19-22-21(28-23-19)25-12-6-8-17(15-25)20(26)24-10-3-2-4-11-24/h5,7,9,13,17H,2-4,6,8,10-12,14-15H2,1H3. The Balaban J connectivity index is 1.39. The second kappa shape index (κ2) is 8.90. The van der Waals surface area contributed by atoms with E-state index in [-0.39, 0.29) is 5.92 Å². The predicted molar refractivity (Wildman–Crippen MR) is 111 cm³/mol. The number of hydrogen-bond acceptors (Lipinski definition) is 6. The molecule has 28 heavy (non-hydrogen) atoms. The van der Waals surface area contributed by atoms with Gasteiger partial charge in [0.1, 0.15) is 11.6 Å². The van der Waals surface area contributed by atoms with Crippen LogP contribution in [0.25, 0.3) is 0 Å². The summed E-state index contributed by atoms with van der Waals surface area (Å²) in [5.74, 6) is 2.11. The van der Waals surface area contributed by atoms with Crippen molar-refractivity contribution >= 4 is 22.6 Å². The maximum absolute atomic E-state index is 12.9. The van der Waals surface area contributed by atoms with Crippen LogP contribution in [0.2, 0.25) is 0 Å². The second-order valence-electron chi connectivity index (χ2n) is 7.69. The summed E-state index contributed by atoms with van der Waals surface area (Å²) in [6, 6.07) is 8.02. The van der Waals surface area contributed by atoms with Crippen LogP contribution in [0.1, 0.15) is 43.5 Å². The number of likely N-dealkylation sites (tertiary alicyclic amines) is 1. The molecule has 6 nitrogen and oxygen atoms in total. The van der Waals surface area contributed by atoms with Crippen molar-refractivity contribution in [2.75, 3.05) is 38.2 Å². The number of amides is 1. The Hall–Kier alpha value is -2.15. The van der Waals surface area contributed by atoms with Crippen LogP contribution in [-0.2, 0) is 11.2 Å². The zero-order chi connectivity index (χ0) is 19.3. The van der Waals surface area contributed by atoms with Crippen LogP contribution in [0.3, 0.4) is 0 Å². The van der Waals surface area contributed by atoms with Crippen molar-refractivity contribution in [2.24, 2.45) is 5.92 Å². The molecule has 1 aromatic carbocycles. The van der Waals surface area contributed by atoms with Gasteiger partial charge in [-0.15, -0.1) is 0 Å². The van der Waals surface area contributed by atoms with E-state index in [1.165, 1.54) is 18.0 Å². The molecule has 0 spiro atoms. The molecule has 1 amide bonds. The number of benzene rings is 1. The first-order chi connectivity index (χ1) is 13.7. The molecule has 2 aliphatic rings. The minimum absolute atomic E-state index is 0.0950. The minimum atomic E-state index is 0.0950. The van der Waals surface area contributed by atoms with Gasteiger partial charge in [-0.1, -0.05) is 12.1 Å². The van der Waals surface area contributed by atoms with Crippen LogP contribution in [0.15, 0.2) is 24.3 Å². The number of hydrogen-bond donors (Lipinski definition) is 0. The molecule has 0 radical (unpaired) electrons. The Bertz CT molecular complexity index is 803. The molecule has 1 atom stereocenters. The average Bonchev–Trinajstić information content (AvgIpc) is 3.22. The third kappa shape index (κ3) is 4.46. The molecule has 1 aromatic heterocycles. The lowest BCUT2D eigenvalue weighted by Crippen LogP contribution is -2.46. The highest BCUT2D eigenvalue weighted by Gasteiger charge is 2.31. The molecule has 2 saturated heterocycles. The number of piperidine rings is 2. The third-order valence-corrected chi connectivity index (χ3v) is 6.48. The summed E-state index contributed by atoms with van der Waals surface area (Å²) in [6.07, 6.45) is 6.26. The van der Waals surface area contributed by atoms with Gasteiger partial charge in [-0.2, -0.15) is 4.37 Å². The maximum Gasteiger partial charge on any atom is 0.227 e. The summed E-state index contributed by atoms with van der Waals surface area (Å²) >= 11 is 1.44. The molecule has 0 bridgehead atoms. The highest BCUT2D eigenvalue weighted by molar-refractivity contribution is 7.09. The summed E-state index contributed by atoms with van der Waals surface area (Å²) in [6.45, 7) is 3.58. The zero-order valence-electron chi connectivity index (χ0n) is 16.5. The lowest BCUT2D eigenvalue weighted by Gasteiger charge is -2.36. The van der Waals surface area contributed by atoms with Gasteiger partial charge in [0.05, 0.1) is 13.0 Å². The first-order valence-corrected chi connectivity index (χ1v) is 11.0. The molecule has 2 aromatic rings. The highest BCUT2D eigenvalue weighted by Crippen LogP contribution is 2.27. The molecule has 2 aliphatic heterocycles. The third-order valence-electron chi connectivity index (χ3n) is 5.66. The van der Waals surface area contributed by atoms with E-state index >= 15 is 0 Å². The molecule has 0 saturated carbocycles. The molecular formula is C21H28N4O2S. The van der Waals surface area contributed by atoms with Crippen LogP contribution < -0.4 is 9.64 Å². The van der Waals surface area contributed by atoms with Crippen LogP contribution in [0, 0.1) is 5.92 Å². The Kier molecular flexibility index (Phi) is 6.10. The van der Waals surface area contributed by atoms with E-state index in [0.29, 0.717) is 12.3 Å². The van der Waals surface area contributed by atoms with Crippen molar-refractivity contribution < 1.29 is 9.53 Å². The van der Waals surface area contributed by atoms with Gasteiger partial charge >= 0.3 is 0 Å². The van der Waals surface area contributed by atoms with Crippen molar-refractivity contribution in [2.45, 2.75) is 38.5 Å². The van der Waals surface area contributed by atoms with Gasteiger partial charge in [0, 0.05) is 44.1 Å². The van der Waals surface area contributed by atoms with E-state index in [0.717, 1.165) is 74.1 Å². The number of carbonyl (C=O) groups excluding carboxylic acids is 1.